The van der Waals surface area contributed by atoms with E-state index in [0.29, 0.717) is 57.8 Å². The Labute approximate surface area is 512 Å². The largest absolute Gasteiger partial charge is 0.454 e. The highest BCUT2D eigenvalue weighted by Crippen LogP contribution is 2.76. The lowest BCUT2D eigenvalue weighted by Gasteiger charge is -2.71. The van der Waals surface area contributed by atoms with E-state index in [-0.39, 0.29) is 47.2 Å². The van der Waals surface area contributed by atoms with Crippen LogP contribution in [0.4, 0.5) is 0 Å². The van der Waals surface area contributed by atoms with E-state index < -0.39 is 195 Å². The van der Waals surface area contributed by atoms with Crippen molar-refractivity contribution in [3.63, 3.8) is 0 Å². The quantitative estimate of drug-likeness (QED) is 0.0509. The Morgan fingerprint density at radius 1 is 0.568 bits per heavy atom. The van der Waals surface area contributed by atoms with Gasteiger partial charge in [0.25, 0.3) is 0 Å². The van der Waals surface area contributed by atoms with Crippen LogP contribution in [0.2, 0.25) is 0 Å². The third-order valence-electron chi connectivity index (χ3n) is 23.5. The van der Waals surface area contributed by atoms with Crippen LogP contribution in [0.25, 0.3) is 0 Å². The molecule has 5 saturated heterocycles. The second-order valence-electron chi connectivity index (χ2n) is 29.1. The van der Waals surface area contributed by atoms with Crippen molar-refractivity contribution in [1.29, 1.82) is 0 Å². The summed E-state index contributed by atoms with van der Waals surface area (Å²) < 4.78 is 65.1. The highest BCUT2D eigenvalue weighted by molar-refractivity contribution is 5.79. The zero-order valence-corrected chi connectivity index (χ0v) is 51.7. The van der Waals surface area contributed by atoms with Gasteiger partial charge in [0.05, 0.1) is 50.2 Å². The number of rotatable bonds is 14. The summed E-state index contributed by atoms with van der Waals surface area (Å²) >= 11 is 0. The minimum absolute atomic E-state index is 0.0730. The molecule has 88 heavy (non-hydrogen) atoms. The van der Waals surface area contributed by atoms with Crippen LogP contribution < -0.4 is 0 Å². The number of fused-ring (bicyclic) bond motifs is 7. The van der Waals surface area contributed by atoms with E-state index in [0.717, 1.165) is 13.3 Å². The summed E-state index contributed by atoms with van der Waals surface area (Å²) in [6, 6.07) is 0. The third-order valence-corrected chi connectivity index (χ3v) is 23.5. The lowest BCUT2D eigenvalue weighted by molar-refractivity contribution is -0.365. The lowest BCUT2D eigenvalue weighted by atomic mass is 9.33. The maximum absolute atomic E-state index is 15.3. The highest BCUT2D eigenvalue weighted by Gasteiger charge is 2.71. The van der Waals surface area contributed by atoms with E-state index in [2.05, 4.69) is 40.7 Å². The van der Waals surface area contributed by atoms with Crippen LogP contribution >= 0.6 is 0 Å². The van der Waals surface area contributed by atoms with Gasteiger partial charge >= 0.3 is 11.9 Å². The summed E-state index contributed by atoms with van der Waals surface area (Å²) in [5, 5.41) is 153. The minimum Gasteiger partial charge on any atom is -0.454 e. The number of carbonyl (C=O) groups excluding carboxylic acids is 2. The zero-order valence-electron chi connectivity index (χ0n) is 51.7. The van der Waals surface area contributed by atoms with Gasteiger partial charge in [-0.3, -0.25) is 9.59 Å². The molecule has 10 aliphatic rings. The van der Waals surface area contributed by atoms with Crippen molar-refractivity contribution in [2.24, 2.45) is 50.2 Å². The number of aliphatic hydroxyl groups excluding tert-OH is 14. The van der Waals surface area contributed by atoms with Gasteiger partial charge in [-0.1, -0.05) is 53.2 Å². The standard InChI is InChI=1S/C61H98O27/c1-25-36(66)40(70)44(74)51(80-25)87-48-38(68)30(65)22-78-53(48)85-35-13-14-57(6)33(58(35,7)24-63)12-15-60(9)34(57)11-10-28-29-20-56(4,5)16-18-61(29,19-17-59(28,60)8)55(77)88-52-45(75)41(71)39(69)32(84-52)23-79-50-46(76)43(73)47(31(21-62)83-50)86-54-49(82-27(3)64)42(72)37(67)26(2)81-54/h10,25-26,29-54,62-63,65-76H,11-24H2,1-9H3/t25-,26-,29-,30-,31+,32+,33+,34+,35-,36-,37-,38-,39+,40+,41-,42+,43+,44+,45+,46+,47+,48+,49+,50+,51-,52-,53-,54-,57-,58-,59+,60+,61-/m0/s1. The van der Waals surface area contributed by atoms with Crippen molar-refractivity contribution in [2.75, 3.05) is 26.4 Å². The molecule has 0 aromatic heterocycles. The third kappa shape index (κ3) is 11.7. The van der Waals surface area contributed by atoms with Crippen LogP contribution in [0, 0.1) is 50.2 Å². The van der Waals surface area contributed by atoms with Crippen LogP contribution in [-0.4, -0.2) is 263 Å². The molecule has 0 aromatic rings. The summed E-state index contributed by atoms with van der Waals surface area (Å²) in [6.45, 7) is 15.3. The molecule has 5 aliphatic carbocycles. The zero-order chi connectivity index (χ0) is 64.3. The molecule has 0 radical (unpaired) electrons. The number of allylic oxidation sites excluding steroid dienone is 2. The summed E-state index contributed by atoms with van der Waals surface area (Å²) in [7, 11) is 0. The van der Waals surface area contributed by atoms with Gasteiger partial charge in [-0.2, -0.15) is 0 Å². The van der Waals surface area contributed by atoms with Crippen molar-refractivity contribution >= 4 is 11.9 Å². The molecule has 27 nitrogen and oxygen atoms in total. The summed E-state index contributed by atoms with van der Waals surface area (Å²) in [5.41, 5.74) is -1.99. The molecule has 504 valence electrons. The first kappa shape index (κ1) is 68.6. The van der Waals surface area contributed by atoms with Gasteiger partial charge in [0.1, 0.15) is 97.7 Å². The van der Waals surface area contributed by atoms with E-state index in [1.807, 2.05) is 6.92 Å². The number of carbonyl (C=O) groups is 2. The van der Waals surface area contributed by atoms with Gasteiger partial charge in [-0.25, -0.2) is 0 Å². The highest BCUT2D eigenvalue weighted by atomic mass is 16.8. The van der Waals surface area contributed by atoms with Gasteiger partial charge < -0.3 is 124 Å². The molecule has 5 aliphatic heterocycles. The van der Waals surface area contributed by atoms with Gasteiger partial charge in [-0.05, 0) is 117 Å². The van der Waals surface area contributed by atoms with Crippen molar-refractivity contribution < 1.29 is 133 Å². The molecule has 0 aromatic carbocycles. The second-order valence-corrected chi connectivity index (χ2v) is 29.1. The summed E-state index contributed by atoms with van der Waals surface area (Å²) in [5.74, 6) is -1.74. The van der Waals surface area contributed by atoms with E-state index in [1.54, 1.807) is 0 Å². The maximum Gasteiger partial charge on any atom is 0.315 e. The first-order chi connectivity index (χ1) is 41.2. The average Bonchev–Trinajstić information content (AvgIpc) is 0.681. The molecule has 0 spiro atoms. The number of aliphatic hydroxyl groups is 14. The molecule has 9 fully saturated rings. The predicted octanol–water partition coefficient (Wildman–Crippen LogP) is -1.97. The van der Waals surface area contributed by atoms with Crippen LogP contribution in [0.15, 0.2) is 11.6 Å². The minimum atomic E-state index is -1.92. The van der Waals surface area contributed by atoms with E-state index in [1.165, 1.54) is 19.4 Å². The fourth-order valence-electron chi connectivity index (χ4n) is 17.8. The monoisotopic (exact) mass is 1260 g/mol. The maximum atomic E-state index is 15.3. The van der Waals surface area contributed by atoms with Gasteiger partial charge in [-0.15, -0.1) is 0 Å². The molecule has 5 heterocycles. The number of hydrogen-bond acceptors (Lipinski definition) is 27. The average molecular weight is 1260 g/mol. The Kier molecular flexibility index (Phi) is 19.9. The van der Waals surface area contributed by atoms with Crippen LogP contribution in [-0.2, 0) is 61.7 Å². The van der Waals surface area contributed by atoms with Crippen molar-refractivity contribution in [3.05, 3.63) is 11.6 Å². The topological polar surface area (TPSA) is 419 Å². The molecule has 4 saturated carbocycles. The van der Waals surface area contributed by atoms with Crippen molar-refractivity contribution in [3.8, 4) is 0 Å². The summed E-state index contributed by atoms with van der Waals surface area (Å²) in [6.07, 6.45) is -29.8. The van der Waals surface area contributed by atoms with Gasteiger partial charge in [0.15, 0.2) is 31.3 Å². The SMILES string of the molecule is CC(=O)O[C@H]1[C@H](O[C@H]2[C@H](O)[C@@H](O)[C@H](OC[C@H]3O[C@@H](OC(=O)[C@]45CCC(C)(C)C[C@H]4C4=CC[C@@H]6[C@@]7(C)CC[C@H](O[C@@H]8OC[C@H](O)[C@H](O)[C@H]8O[C@@H]8O[C@@H](C)[C@H](O)[C@@H](O)[C@H]8O)[C@@](C)(CO)[C@@H]7CC[C@@]6(C)[C@]4(C)CC5)[C@H](O)[C@@H](O)[C@@H]3O)O[C@@H]2CO)O[C@@H](C)[C@H](O)[C@H]1O. The Hall–Kier alpha value is -2.24. The fraction of sp³-hybridized carbons (Fsp3) is 0.934. The van der Waals surface area contributed by atoms with Gasteiger partial charge in [0.2, 0.25) is 6.29 Å². The Morgan fingerprint density at radius 3 is 1.84 bits per heavy atom. The van der Waals surface area contributed by atoms with E-state index in [4.69, 9.17) is 52.1 Å². The normalized spacial score (nSPS) is 53.7. The fourth-order valence-corrected chi connectivity index (χ4v) is 17.8. The Balaban J connectivity index is 0.829. The predicted molar refractivity (Wildman–Crippen MR) is 298 cm³/mol. The Bertz CT molecular complexity index is 2490. The number of ether oxygens (including phenoxy) is 11. The van der Waals surface area contributed by atoms with Crippen LogP contribution in [0.5, 0.6) is 0 Å². The second kappa shape index (κ2) is 25.5. The molecular weight excluding hydrogens is 1160 g/mol. The molecule has 33 atom stereocenters. The molecule has 10 rings (SSSR count). The number of esters is 2. The first-order valence-corrected chi connectivity index (χ1v) is 31.5. The smallest absolute Gasteiger partial charge is 0.315 e. The van der Waals surface area contributed by atoms with Crippen molar-refractivity contribution in [1.82, 2.24) is 0 Å². The van der Waals surface area contributed by atoms with E-state index in [9.17, 15) is 76.3 Å². The van der Waals surface area contributed by atoms with E-state index >= 15 is 4.79 Å². The van der Waals surface area contributed by atoms with Crippen LogP contribution in [0.3, 0.4) is 0 Å². The first-order valence-electron chi connectivity index (χ1n) is 31.5. The molecule has 0 unspecified atom stereocenters. The van der Waals surface area contributed by atoms with Crippen molar-refractivity contribution in [2.45, 2.75) is 280 Å². The molecule has 0 bridgehead atoms. The molecular formula is C61H98O27. The lowest BCUT2D eigenvalue weighted by Crippen LogP contribution is -2.67. The Morgan fingerprint density at radius 2 is 1.17 bits per heavy atom. The molecule has 27 heteroatoms. The van der Waals surface area contributed by atoms with Crippen LogP contribution in [0.1, 0.15) is 127 Å². The molecule has 0 amide bonds. The summed E-state index contributed by atoms with van der Waals surface area (Å²) in [4.78, 5) is 27.2. The van der Waals surface area contributed by atoms with Gasteiger partial charge in [0, 0.05) is 12.3 Å². The molecule has 14 N–H and O–H groups in total. The number of hydrogen-bond donors (Lipinski definition) is 14.